The SMILES string of the molecule is C[C@H]1C[C@@H](O)CC[C@@H]1n1cc(C(N)=O)c(Nc2ccc(OC(F)F)cc2)n1. The number of benzene rings is 1. The predicted molar refractivity (Wildman–Crippen MR) is 95.2 cm³/mol. The molecule has 0 aliphatic heterocycles. The van der Waals surface area contributed by atoms with E-state index < -0.39 is 12.5 Å². The Bertz CT molecular complexity index is 794. The fourth-order valence-corrected chi connectivity index (χ4v) is 3.44. The molecule has 7 nitrogen and oxygen atoms in total. The summed E-state index contributed by atoms with van der Waals surface area (Å²) in [6.07, 6.45) is 3.40. The third-order valence-electron chi connectivity index (χ3n) is 4.78. The van der Waals surface area contributed by atoms with Crippen LogP contribution in [0.1, 0.15) is 42.6 Å². The number of amides is 1. The molecule has 0 spiro atoms. The maximum atomic E-state index is 12.2. The first kappa shape index (κ1) is 19.1. The van der Waals surface area contributed by atoms with E-state index >= 15 is 0 Å². The summed E-state index contributed by atoms with van der Waals surface area (Å²) in [6.45, 7) is -0.856. The molecule has 3 rings (SSSR count). The van der Waals surface area contributed by atoms with Crippen LogP contribution in [0.2, 0.25) is 0 Å². The second-order valence-electron chi connectivity index (χ2n) is 6.78. The van der Waals surface area contributed by atoms with Crippen molar-refractivity contribution in [3.63, 3.8) is 0 Å². The van der Waals surface area contributed by atoms with Gasteiger partial charge in [-0.1, -0.05) is 6.92 Å². The minimum absolute atomic E-state index is 0.0331. The van der Waals surface area contributed by atoms with Crippen LogP contribution < -0.4 is 15.8 Å². The fourth-order valence-electron chi connectivity index (χ4n) is 3.44. The highest BCUT2D eigenvalue weighted by atomic mass is 19.3. The standard InChI is InChI=1S/C18H22F2N4O3/c1-10-8-12(25)4-7-15(10)24-9-14(16(21)26)17(23-24)22-11-2-5-13(6-3-11)27-18(19)20/h2-3,5-6,9-10,12,15,18,25H,4,7-8H2,1H3,(H2,21,26)(H,22,23)/t10-,12-,15-/m0/s1. The number of anilines is 2. The molecule has 0 unspecified atom stereocenters. The third kappa shape index (κ3) is 4.54. The van der Waals surface area contributed by atoms with E-state index in [2.05, 4.69) is 15.2 Å². The van der Waals surface area contributed by atoms with Gasteiger partial charge in [0.05, 0.1) is 12.1 Å². The number of halogens is 2. The summed E-state index contributed by atoms with van der Waals surface area (Å²) in [7, 11) is 0. The molecule has 9 heteroatoms. The molecule has 0 radical (unpaired) electrons. The highest BCUT2D eigenvalue weighted by molar-refractivity contribution is 5.98. The van der Waals surface area contributed by atoms with Crippen LogP contribution in [0.15, 0.2) is 30.5 Å². The van der Waals surface area contributed by atoms with Crippen LogP contribution in [0.25, 0.3) is 0 Å². The smallest absolute Gasteiger partial charge is 0.387 e. The second kappa shape index (κ2) is 7.91. The number of aromatic nitrogens is 2. The van der Waals surface area contributed by atoms with E-state index in [1.165, 1.54) is 12.1 Å². The Morgan fingerprint density at radius 3 is 2.67 bits per heavy atom. The Hall–Kier alpha value is -2.68. The van der Waals surface area contributed by atoms with Crippen molar-refractivity contribution in [2.75, 3.05) is 5.32 Å². The largest absolute Gasteiger partial charge is 0.435 e. The van der Waals surface area contributed by atoms with Gasteiger partial charge in [-0.25, -0.2) is 0 Å². The lowest BCUT2D eigenvalue weighted by atomic mass is 9.84. The number of primary amides is 1. The van der Waals surface area contributed by atoms with Crippen molar-refractivity contribution >= 4 is 17.4 Å². The normalized spacial score (nSPS) is 22.6. The lowest BCUT2D eigenvalue weighted by Crippen LogP contribution is -2.28. The summed E-state index contributed by atoms with van der Waals surface area (Å²) >= 11 is 0. The Kier molecular flexibility index (Phi) is 5.59. The molecule has 1 aliphatic carbocycles. The third-order valence-corrected chi connectivity index (χ3v) is 4.78. The van der Waals surface area contributed by atoms with Crippen molar-refractivity contribution < 1.29 is 23.4 Å². The maximum absolute atomic E-state index is 12.2. The molecule has 1 amide bonds. The zero-order valence-electron chi connectivity index (χ0n) is 14.8. The molecule has 2 aromatic rings. The van der Waals surface area contributed by atoms with E-state index in [0.717, 1.165) is 6.42 Å². The lowest BCUT2D eigenvalue weighted by molar-refractivity contribution is -0.0498. The van der Waals surface area contributed by atoms with Crippen molar-refractivity contribution in [2.24, 2.45) is 11.7 Å². The van der Waals surface area contributed by atoms with Gasteiger partial charge >= 0.3 is 6.61 Å². The van der Waals surface area contributed by atoms with Crippen LogP contribution in [-0.4, -0.2) is 33.5 Å². The van der Waals surface area contributed by atoms with Crippen molar-refractivity contribution in [3.8, 4) is 5.75 Å². The van der Waals surface area contributed by atoms with Crippen molar-refractivity contribution in [1.29, 1.82) is 0 Å². The van der Waals surface area contributed by atoms with E-state index in [4.69, 9.17) is 5.73 Å². The van der Waals surface area contributed by atoms with Gasteiger partial charge in [0.1, 0.15) is 11.3 Å². The predicted octanol–water partition coefficient (Wildman–Crippen LogP) is 3.05. The minimum atomic E-state index is -2.89. The zero-order valence-corrected chi connectivity index (χ0v) is 14.8. The van der Waals surface area contributed by atoms with E-state index in [1.54, 1.807) is 23.0 Å². The van der Waals surface area contributed by atoms with Crippen LogP contribution >= 0.6 is 0 Å². The van der Waals surface area contributed by atoms with Gasteiger partial charge in [0, 0.05) is 11.9 Å². The number of nitrogens with zero attached hydrogens (tertiary/aromatic N) is 2. The number of alkyl halides is 2. The first-order valence-electron chi connectivity index (χ1n) is 8.72. The van der Waals surface area contributed by atoms with Gasteiger partial charge < -0.3 is 20.9 Å². The number of carbonyl (C=O) groups excluding carboxylic acids is 1. The number of carbonyl (C=O) groups is 1. The van der Waals surface area contributed by atoms with E-state index in [-0.39, 0.29) is 29.4 Å². The highest BCUT2D eigenvalue weighted by Gasteiger charge is 2.29. The molecular formula is C18H22F2N4O3. The van der Waals surface area contributed by atoms with Gasteiger partial charge in [0.2, 0.25) is 0 Å². The van der Waals surface area contributed by atoms with Crippen LogP contribution in [-0.2, 0) is 0 Å². The second-order valence-corrected chi connectivity index (χ2v) is 6.78. The molecule has 3 atom stereocenters. The first-order chi connectivity index (χ1) is 12.8. The summed E-state index contributed by atoms with van der Waals surface area (Å²) in [5, 5.41) is 17.3. The molecule has 4 N–H and O–H groups in total. The summed E-state index contributed by atoms with van der Waals surface area (Å²) in [4.78, 5) is 11.8. The van der Waals surface area contributed by atoms with Crippen LogP contribution in [0.5, 0.6) is 5.75 Å². The molecular weight excluding hydrogens is 358 g/mol. The van der Waals surface area contributed by atoms with E-state index in [9.17, 15) is 18.7 Å². The number of nitrogens with one attached hydrogen (secondary N) is 1. The molecule has 0 bridgehead atoms. The quantitative estimate of drug-likeness (QED) is 0.715. The zero-order chi connectivity index (χ0) is 19.6. The molecule has 0 saturated heterocycles. The summed E-state index contributed by atoms with van der Waals surface area (Å²) < 4.78 is 30.5. The van der Waals surface area contributed by atoms with E-state index in [1.807, 2.05) is 6.92 Å². The van der Waals surface area contributed by atoms with Crippen LogP contribution in [0.3, 0.4) is 0 Å². The van der Waals surface area contributed by atoms with Gasteiger partial charge in [-0.05, 0) is 49.4 Å². The first-order valence-corrected chi connectivity index (χ1v) is 8.72. The summed E-state index contributed by atoms with van der Waals surface area (Å²) in [5.41, 5.74) is 6.26. The van der Waals surface area contributed by atoms with Crippen LogP contribution in [0, 0.1) is 5.92 Å². The number of nitrogens with two attached hydrogens (primary N) is 1. The Morgan fingerprint density at radius 1 is 1.37 bits per heavy atom. The average molecular weight is 380 g/mol. The number of hydrogen-bond donors (Lipinski definition) is 3. The number of rotatable bonds is 6. The molecule has 1 aromatic heterocycles. The minimum Gasteiger partial charge on any atom is -0.435 e. The topological polar surface area (TPSA) is 102 Å². The lowest BCUT2D eigenvalue weighted by Gasteiger charge is -2.31. The molecule has 1 saturated carbocycles. The van der Waals surface area contributed by atoms with Crippen molar-refractivity contribution in [2.45, 2.75) is 44.9 Å². The molecule has 1 aliphatic rings. The Morgan fingerprint density at radius 2 is 2.07 bits per heavy atom. The van der Waals surface area contributed by atoms with Gasteiger partial charge in [-0.2, -0.15) is 13.9 Å². The number of ether oxygens (including phenoxy) is 1. The average Bonchev–Trinajstić information content (AvgIpc) is 3.00. The van der Waals surface area contributed by atoms with Gasteiger partial charge in [-0.3, -0.25) is 9.48 Å². The molecule has 1 aromatic carbocycles. The molecule has 27 heavy (non-hydrogen) atoms. The van der Waals surface area contributed by atoms with Crippen molar-refractivity contribution in [1.82, 2.24) is 9.78 Å². The van der Waals surface area contributed by atoms with E-state index in [0.29, 0.717) is 24.3 Å². The monoisotopic (exact) mass is 380 g/mol. The van der Waals surface area contributed by atoms with Gasteiger partial charge in [-0.15, -0.1) is 0 Å². The van der Waals surface area contributed by atoms with Crippen molar-refractivity contribution in [3.05, 3.63) is 36.0 Å². The molecule has 146 valence electrons. The van der Waals surface area contributed by atoms with Gasteiger partial charge in [0.25, 0.3) is 5.91 Å². The highest BCUT2D eigenvalue weighted by Crippen LogP contribution is 2.34. The maximum Gasteiger partial charge on any atom is 0.387 e. The summed E-state index contributed by atoms with van der Waals surface area (Å²) in [6, 6.07) is 5.92. The number of aliphatic hydroxyl groups is 1. The number of hydrogen-bond acceptors (Lipinski definition) is 5. The molecule has 1 fully saturated rings. The molecule has 1 heterocycles. The van der Waals surface area contributed by atoms with Crippen LogP contribution in [0.4, 0.5) is 20.3 Å². The van der Waals surface area contributed by atoms with Gasteiger partial charge in [0.15, 0.2) is 5.82 Å². The Labute approximate surface area is 155 Å². The Balaban J connectivity index is 1.80. The summed E-state index contributed by atoms with van der Waals surface area (Å²) in [5.74, 6) is -0.0907. The number of aliphatic hydroxyl groups excluding tert-OH is 1. The fraction of sp³-hybridized carbons (Fsp3) is 0.444.